The molecule has 1 aliphatic rings. The van der Waals surface area contributed by atoms with Gasteiger partial charge in [0.25, 0.3) is 11.8 Å². The van der Waals surface area contributed by atoms with Gasteiger partial charge in [-0.1, -0.05) is 6.07 Å². The minimum absolute atomic E-state index is 0.252. The second-order valence-corrected chi connectivity index (χ2v) is 8.21. The molecule has 0 aromatic heterocycles. The predicted molar refractivity (Wildman–Crippen MR) is 106 cm³/mol. The van der Waals surface area contributed by atoms with E-state index in [0.717, 1.165) is 4.90 Å². The van der Waals surface area contributed by atoms with E-state index in [1.165, 1.54) is 13.0 Å². The van der Waals surface area contributed by atoms with Crippen LogP contribution in [-0.2, 0) is 4.79 Å². The van der Waals surface area contributed by atoms with E-state index in [9.17, 15) is 14.4 Å². The Balaban J connectivity index is 2.14. The summed E-state index contributed by atoms with van der Waals surface area (Å²) in [6.07, 6.45) is 0. The van der Waals surface area contributed by atoms with Crippen LogP contribution in [0.15, 0.2) is 42.2 Å². The van der Waals surface area contributed by atoms with E-state index < -0.39 is 17.8 Å². The summed E-state index contributed by atoms with van der Waals surface area (Å²) in [6.45, 7) is 1.28. The Labute approximate surface area is 176 Å². The van der Waals surface area contributed by atoms with Crippen molar-refractivity contribution in [1.82, 2.24) is 0 Å². The smallest absolute Gasteiger partial charge is 0.308 e. The molecule has 0 bridgehead atoms. The molecule has 25 heavy (non-hydrogen) atoms. The second kappa shape index (κ2) is 6.94. The molecule has 1 heterocycles. The van der Waals surface area contributed by atoms with Gasteiger partial charge in [0.1, 0.15) is 5.75 Å². The summed E-state index contributed by atoms with van der Waals surface area (Å²) in [7, 11) is 0. The SMILES string of the molecule is CC(=O)Oc1cccc(N2C(=O)c3c(Br)c(Br)c(Br)c(Br)c3C2=O)c1. The molecule has 1 aliphatic heterocycles. The van der Waals surface area contributed by atoms with Crippen molar-refractivity contribution < 1.29 is 19.1 Å². The van der Waals surface area contributed by atoms with Crippen LogP contribution in [0.4, 0.5) is 5.69 Å². The van der Waals surface area contributed by atoms with Crippen LogP contribution < -0.4 is 9.64 Å². The lowest BCUT2D eigenvalue weighted by Gasteiger charge is -2.14. The van der Waals surface area contributed by atoms with E-state index in [-0.39, 0.29) is 16.9 Å². The number of hydrogen-bond acceptors (Lipinski definition) is 4. The van der Waals surface area contributed by atoms with E-state index in [2.05, 4.69) is 63.7 Å². The molecule has 2 amide bonds. The lowest BCUT2D eigenvalue weighted by molar-refractivity contribution is -0.131. The highest BCUT2D eigenvalue weighted by Gasteiger charge is 2.41. The van der Waals surface area contributed by atoms with Crippen LogP contribution in [0.5, 0.6) is 5.75 Å². The van der Waals surface area contributed by atoms with Crippen molar-refractivity contribution in [3.63, 3.8) is 0 Å². The molecular formula is C16H7Br4NO4. The third-order valence-corrected chi connectivity index (χ3v) is 8.21. The average molecular weight is 597 g/mol. The zero-order chi connectivity index (χ0) is 18.5. The molecule has 2 aromatic carbocycles. The molecule has 0 atom stereocenters. The van der Waals surface area contributed by atoms with Crippen LogP contribution in [0.3, 0.4) is 0 Å². The maximum atomic E-state index is 12.9. The predicted octanol–water partition coefficient (Wildman–Crippen LogP) is 5.46. The molecule has 0 radical (unpaired) electrons. The standard InChI is InChI=1S/C16H7Br4NO4/c1-6(22)25-8-4-2-3-7(5-8)21-15(23)9-10(16(21)24)12(18)14(20)13(19)11(9)17/h2-5H,1H3. The normalized spacial score (nSPS) is 13.2. The maximum Gasteiger partial charge on any atom is 0.308 e. The quantitative estimate of drug-likeness (QED) is 0.152. The number of carbonyl (C=O) groups excluding carboxylic acids is 3. The van der Waals surface area contributed by atoms with E-state index >= 15 is 0 Å². The third-order valence-electron chi connectivity index (χ3n) is 3.44. The van der Waals surface area contributed by atoms with Crippen LogP contribution in [0.2, 0.25) is 0 Å². The monoisotopic (exact) mass is 593 g/mol. The first-order chi connectivity index (χ1) is 11.7. The first-order valence-corrected chi connectivity index (χ1v) is 9.94. The number of carbonyl (C=O) groups is 3. The minimum atomic E-state index is -0.488. The summed E-state index contributed by atoms with van der Waals surface area (Å²) >= 11 is 13.5. The van der Waals surface area contributed by atoms with Crippen molar-refractivity contribution in [2.24, 2.45) is 0 Å². The van der Waals surface area contributed by atoms with Crippen molar-refractivity contribution in [2.45, 2.75) is 6.92 Å². The zero-order valence-electron chi connectivity index (χ0n) is 12.4. The van der Waals surface area contributed by atoms with Crippen LogP contribution in [-0.4, -0.2) is 17.8 Å². The Morgan fingerprint density at radius 1 is 0.920 bits per heavy atom. The van der Waals surface area contributed by atoms with Crippen LogP contribution in [0.1, 0.15) is 27.6 Å². The zero-order valence-corrected chi connectivity index (χ0v) is 18.7. The second-order valence-electron chi connectivity index (χ2n) is 5.04. The van der Waals surface area contributed by atoms with Crippen molar-refractivity contribution in [1.29, 1.82) is 0 Å². The summed E-state index contributed by atoms with van der Waals surface area (Å²) in [5.41, 5.74) is 0.825. The Hall–Kier alpha value is -1.03. The van der Waals surface area contributed by atoms with E-state index in [4.69, 9.17) is 4.74 Å². The summed E-state index contributed by atoms with van der Waals surface area (Å²) in [5.74, 6) is -1.18. The van der Waals surface area contributed by atoms with Crippen LogP contribution >= 0.6 is 63.7 Å². The third kappa shape index (κ3) is 3.11. The van der Waals surface area contributed by atoms with E-state index in [0.29, 0.717) is 23.6 Å². The van der Waals surface area contributed by atoms with Crippen molar-refractivity contribution in [3.05, 3.63) is 53.3 Å². The fourth-order valence-corrected chi connectivity index (χ4v) is 4.89. The summed E-state index contributed by atoms with van der Waals surface area (Å²) in [6, 6.07) is 6.24. The van der Waals surface area contributed by atoms with Gasteiger partial charge in [0.2, 0.25) is 0 Å². The Morgan fingerprint density at radius 2 is 1.44 bits per heavy atom. The lowest BCUT2D eigenvalue weighted by Crippen LogP contribution is -2.29. The number of anilines is 1. The van der Waals surface area contributed by atoms with Gasteiger partial charge in [-0.05, 0) is 75.9 Å². The Morgan fingerprint density at radius 3 is 1.92 bits per heavy atom. The molecule has 0 aliphatic carbocycles. The summed E-state index contributed by atoms with van der Waals surface area (Å²) in [5, 5.41) is 0. The van der Waals surface area contributed by atoms with Gasteiger partial charge in [-0.25, -0.2) is 4.90 Å². The molecule has 0 N–H and O–H groups in total. The molecule has 0 saturated carbocycles. The largest absolute Gasteiger partial charge is 0.427 e. The molecule has 0 spiro atoms. The van der Waals surface area contributed by atoms with Gasteiger partial charge >= 0.3 is 5.97 Å². The van der Waals surface area contributed by atoms with Gasteiger partial charge in [-0.2, -0.15) is 0 Å². The highest BCUT2D eigenvalue weighted by Crippen LogP contribution is 2.46. The molecule has 0 saturated heterocycles. The van der Waals surface area contributed by atoms with Gasteiger partial charge in [0.15, 0.2) is 0 Å². The molecule has 5 nitrogen and oxygen atoms in total. The fraction of sp³-hybridized carbons (Fsp3) is 0.0625. The van der Waals surface area contributed by atoms with Gasteiger partial charge in [-0.15, -0.1) is 0 Å². The Kier molecular flexibility index (Phi) is 5.21. The van der Waals surface area contributed by atoms with Gasteiger partial charge < -0.3 is 4.74 Å². The maximum absolute atomic E-state index is 12.9. The number of rotatable bonds is 2. The highest BCUT2D eigenvalue weighted by atomic mass is 79.9. The fourth-order valence-electron chi connectivity index (χ4n) is 2.44. The molecule has 3 rings (SSSR count). The van der Waals surface area contributed by atoms with Gasteiger partial charge in [-0.3, -0.25) is 14.4 Å². The number of benzene rings is 2. The van der Waals surface area contributed by atoms with E-state index in [1.54, 1.807) is 18.2 Å². The minimum Gasteiger partial charge on any atom is -0.427 e. The topological polar surface area (TPSA) is 63.7 Å². The number of halogens is 4. The average Bonchev–Trinajstić information content (AvgIpc) is 2.81. The number of ether oxygens (including phenoxy) is 1. The van der Waals surface area contributed by atoms with Gasteiger partial charge in [0.05, 0.1) is 16.8 Å². The molecule has 0 fully saturated rings. The molecule has 2 aromatic rings. The number of fused-ring (bicyclic) bond motifs is 1. The number of esters is 1. The van der Waals surface area contributed by atoms with Crippen molar-refractivity contribution in [3.8, 4) is 5.75 Å². The Bertz CT molecular complexity index is 911. The molecule has 128 valence electrons. The number of amides is 2. The van der Waals surface area contributed by atoms with Gasteiger partial charge in [0, 0.05) is 30.9 Å². The number of imide groups is 1. The molecule has 9 heteroatoms. The van der Waals surface area contributed by atoms with Crippen LogP contribution in [0.25, 0.3) is 0 Å². The first kappa shape index (κ1) is 18.8. The molecular weight excluding hydrogens is 590 g/mol. The number of hydrogen-bond donors (Lipinski definition) is 0. The van der Waals surface area contributed by atoms with Crippen LogP contribution in [0, 0.1) is 0 Å². The van der Waals surface area contributed by atoms with E-state index in [1.807, 2.05) is 0 Å². The van der Waals surface area contributed by atoms with Crippen molar-refractivity contribution in [2.75, 3.05) is 4.90 Å². The summed E-state index contributed by atoms with van der Waals surface area (Å²) < 4.78 is 7.23. The summed E-state index contributed by atoms with van der Waals surface area (Å²) in [4.78, 5) is 37.9. The highest BCUT2D eigenvalue weighted by molar-refractivity contribution is 9.15. The number of nitrogens with zero attached hydrogens (tertiary/aromatic N) is 1. The first-order valence-electron chi connectivity index (χ1n) is 6.77. The molecule has 0 unspecified atom stereocenters. The lowest BCUT2D eigenvalue weighted by atomic mass is 10.1. The van der Waals surface area contributed by atoms with Crippen molar-refractivity contribution >= 4 is 87.2 Å².